The highest BCUT2D eigenvalue weighted by Crippen LogP contribution is 2.37. The largest absolute Gasteiger partial charge is 1.00 e. The van der Waals surface area contributed by atoms with Crippen LogP contribution in [0, 0.1) is 11.6 Å². The van der Waals surface area contributed by atoms with Crippen LogP contribution in [0.15, 0.2) is 30.3 Å². The van der Waals surface area contributed by atoms with Gasteiger partial charge in [0.05, 0.1) is 19.3 Å². The predicted molar refractivity (Wildman–Crippen MR) is 167 cm³/mol. The van der Waals surface area contributed by atoms with Crippen molar-refractivity contribution in [2.45, 2.75) is 130 Å². The second-order valence-electron chi connectivity index (χ2n) is 11.7. The average Bonchev–Trinajstić information content (AvgIpc) is 2.97. The van der Waals surface area contributed by atoms with Crippen molar-refractivity contribution in [2.24, 2.45) is 0 Å². The first-order chi connectivity index (χ1) is 20.1. The minimum absolute atomic E-state index is 0. The van der Waals surface area contributed by atoms with Crippen LogP contribution in [0.4, 0.5) is 8.78 Å². The molecule has 3 nitrogen and oxygen atoms in total. The molecule has 6 heteroatoms. The van der Waals surface area contributed by atoms with Crippen LogP contribution in [0.1, 0.15) is 133 Å². The van der Waals surface area contributed by atoms with Gasteiger partial charge >= 0.3 is 0 Å². The van der Waals surface area contributed by atoms with E-state index >= 15 is 0 Å². The van der Waals surface area contributed by atoms with Crippen molar-refractivity contribution >= 4 is 5.71 Å². The Hall–Kier alpha value is -1.95. The minimum atomic E-state index is -0.534. The first kappa shape index (κ1) is 36.2. The fourth-order valence-electron chi connectivity index (χ4n) is 5.98. The van der Waals surface area contributed by atoms with Gasteiger partial charge < -0.3 is 26.5 Å². The van der Waals surface area contributed by atoms with Gasteiger partial charge in [0.15, 0.2) is 23.8 Å². The Morgan fingerprint density at radius 1 is 0.762 bits per heavy atom. The first-order valence-corrected chi connectivity index (χ1v) is 16.5. The summed E-state index contributed by atoms with van der Waals surface area (Å²) in [7, 11) is 1.71. The molecule has 3 rings (SSSR count). The number of fused-ring (bicyclic) bond motifs is 1. The second kappa shape index (κ2) is 20.9. The van der Waals surface area contributed by atoms with Gasteiger partial charge in [-0.15, -0.1) is 0 Å². The molecule has 236 valence electrons. The molecule has 0 aromatic heterocycles. The van der Waals surface area contributed by atoms with Crippen LogP contribution in [0.25, 0.3) is 0 Å². The van der Waals surface area contributed by atoms with Gasteiger partial charge in [-0.25, -0.2) is 13.4 Å². The molecule has 1 aliphatic rings. The maximum atomic E-state index is 14.7. The zero-order valence-electron chi connectivity index (χ0n) is 26.4. The maximum absolute atomic E-state index is 14.7. The Kier molecular flexibility index (Phi) is 18.0. The van der Waals surface area contributed by atoms with E-state index in [1.54, 1.807) is 13.2 Å². The molecule has 0 atom stereocenters. The molecule has 0 spiro atoms. The first-order valence-electron chi connectivity index (χ1n) is 16.5. The van der Waals surface area contributed by atoms with E-state index in [1.165, 1.54) is 106 Å². The molecule has 0 aliphatic carbocycles. The molecule has 0 amide bonds. The lowest BCUT2D eigenvalue weighted by Gasteiger charge is -2.23. The fourth-order valence-corrected chi connectivity index (χ4v) is 5.98. The Morgan fingerprint density at radius 2 is 1.38 bits per heavy atom. The normalized spacial score (nSPS) is 12.7. The van der Waals surface area contributed by atoms with Gasteiger partial charge in [0.2, 0.25) is 0 Å². The van der Waals surface area contributed by atoms with Crippen LogP contribution in [0.2, 0.25) is 0 Å². The van der Waals surface area contributed by atoms with E-state index in [0.717, 1.165) is 49.8 Å². The number of ether oxygens (including phenoxy) is 2. The number of hydrogen-bond acceptors (Lipinski definition) is 2. The smallest absolute Gasteiger partial charge is 0.184 e. The third-order valence-corrected chi connectivity index (χ3v) is 8.41. The van der Waals surface area contributed by atoms with Crippen LogP contribution in [-0.2, 0) is 13.0 Å². The van der Waals surface area contributed by atoms with Gasteiger partial charge in [-0.05, 0) is 37.1 Å². The third kappa shape index (κ3) is 11.6. The zero-order valence-corrected chi connectivity index (χ0v) is 28.0. The molecule has 0 saturated carbocycles. The van der Waals surface area contributed by atoms with Gasteiger partial charge in [-0.1, -0.05) is 97.3 Å². The summed E-state index contributed by atoms with van der Waals surface area (Å²) in [5, 5.41) is 0. The van der Waals surface area contributed by atoms with Crippen LogP contribution < -0.4 is 26.5 Å². The Morgan fingerprint density at radius 3 is 2.00 bits per heavy atom. The summed E-state index contributed by atoms with van der Waals surface area (Å²) < 4.78 is 42.7. The molecule has 0 fully saturated rings. The summed E-state index contributed by atoms with van der Waals surface area (Å²) in [4.78, 5) is 0. The van der Waals surface area contributed by atoms with E-state index in [9.17, 15) is 8.78 Å². The lowest BCUT2D eigenvalue weighted by Crippen LogP contribution is -3.00. The number of halogens is 3. The number of unbranched alkanes of at least 4 members (excludes halogenated alkanes) is 13. The average molecular weight is 651 g/mol. The highest BCUT2D eigenvalue weighted by atomic mass is 79.9. The van der Waals surface area contributed by atoms with Crippen molar-refractivity contribution < 1.29 is 39.8 Å². The van der Waals surface area contributed by atoms with Gasteiger partial charge in [-0.3, -0.25) is 0 Å². The molecule has 0 bridgehead atoms. The maximum Gasteiger partial charge on any atom is 0.184 e. The molecule has 0 unspecified atom stereocenters. The van der Waals surface area contributed by atoms with Gasteiger partial charge in [0, 0.05) is 30.0 Å². The molecule has 0 radical (unpaired) electrons. The van der Waals surface area contributed by atoms with Crippen LogP contribution in [-0.4, -0.2) is 30.5 Å². The molecule has 2 aromatic carbocycles. The van der Waals surface area contributed by atoms with Crippen molar-refractivity contribution in [3.05, 3.63) is 58.7 Å². The highest BCUT2D eigenvalue weighted by Gasteiger charge is 2.30. The molecule has 2 aromatic rings. The molecule has 1 heterocycles. The molecule has 0 N–H and O–H groups in total. The van der Waals surface area contributed by atoms with E-state index in [4.69, 9.17) is 9.47 Å². The molecular formula is C36H54BrF2NO2. The lowest BCUT2D eigenvalue weighted by atomic mass is 9.91. The summed E-state index contributed by atoms with van der Waals surface area (Å²) in [6, 6.07) is 8.11. The van der Waals surface area contributed by atoms with E-state index in [0.29, 0.717) is 18.7 Å². The van der Waals surface area contributed by atoms with E-state index in [1.807, 2.05) is 6.07 Å². The van der Waals surface area contributed by atoms with Crippen molar-refractivity contribution in [2.75, 3.05) is 20.3 Å². The molecule has 1 aliphatic heterocycles. The van der Waals surface area contributed by atoms with Crippen molar-refractivity contribution in [3.8, 4) is 11.5 Å². The predicted octanol–water partition coefficient (Wildman–Crippen LogP) is 7.20. The van der Waals surface area contributed by atoms with Crippen LogP contribution in [0.3, 0.4) is 0 Å². The van der Waals surface area contributed by atoms with Crippen molar-refractivity contribution in [3.63, 3.8) is 0 Å². The Bertz CT molecular complexity index is 1090. The van der Waals surface area contributed by atoms with E-state index < -0.39 is 11.6 Å². The quantitative estimate of drug-likeness (QED) is 0.105. The number of rotatable bonds is 21. The zero-order chi connectivity index (χ0) is 29.3. The monoisotopic (exact) mass is 649 g/mol. The molecule has 42 heavy (non-hydrogen) atoms. The van der Waals surface area contributed by atoms with Gasteiger partial charge in [0.1, 0.15) is 18.2 Å². The summed E-state index contributed by atoms with van der Waals surface area (Å²) in [5.74, 6) is 0.648. The van der Waals surface area contributed by atoms with Crippen LogP contribution in [0.5, 0.6) is 11.5 Å². The van der Waals surface area contributed by atoms with Crippen molar-refractivity contribution in [1.29, 1.82) is 0 Å². The highest BCUT2D eigenvalue weighted by molar-refractivity contribution is 5.99. The summed E-state index contributed by atoms with van der Waals surface area (Å²) in [6.45, 7) is 6.41. The second-order valence-corrected chi connectivity index (χ2v) is 11.7. The number of methoxy groups -OCH3 is 1. The lowest BCUT2D eigenvalue weighted by molar-refractivity contribution is -0.546. The minimum Gasteiger partial charge on any atom is -1.00 e. The summed E-state index contributed by atoms with van der Waals surface area (Å²) in [6.07, 6.45) is 20.6. The van der Waals surface area contributed by atoms with Gasteiger partial charge in [-0.2, -0.15) is 0 Å². The third-order valence-electron chi connectivity index (χ3n) is 8.41. The molecular weight excluding hydrogens is 596 g/mol. The number of hydrogen-bond donors (Lipinski definition) is 0. The Balaban J connectivity index is 0.00000616. The van der Waals surface area contributed by atoms with Crippen LogP contribution >= 0.6 is 0 Å². The standard InChI is InChI=1S/C36H54F2NO2.BrH/c1-4-6-8-10-12-13-14-15-17-19-34-31-22-23-35(40-3)36(41-26-18-16-11-9-7-5-2)32(31)24-25-39(34)28-29-20-21-30(37)27-33(29)38;/h20-23,27H,4-19,24-26,28H2,1-3H3;1H/q+1;/p-1. The topological polar surface area (TPSA) is 21.5 Å². The Labute approximate surface area is 264 Å². The van der Waals surface area contributed by atoms with E-state index in [-0.39, 0.29) is 17.0 Å². The summed E-state index contributed by atoms with van der Waals surface area (Å²) in [5.41, 5.74) is 4.17. The SMILES string of the molecule is CCCCCCCCCCCC1=[N+](Cc2ccc(F)cc2F)CCc2c1ccc(OC)c2OCCCCCCCC.[Br-]. The molecule has 0 saturated heterocycles. The number of benzene rings is 2. The van der Waals surface area contributed by atoms with Crippen molar-refractivity contribution in [1.82, 2.24) is 0 Å². The summed E-state index contributed by atoms with van der Waals surface area (Å²) >= 11 is 0. The van der Waals surface area contributed by atoms with E-state index in [2.05, 4.69) is 24.5 Å². The van der Waals surface area contributed by atoms with Gasteiger partial charge in [0.25, 0.3) is 0 Å². The fraction of sp³-hybridized carbons (Fsp3) is 0.639. The number of nitrogens with zero attached hydrogens (tertiary/aromatic N) is 1.